The molecule has 0 bridgehead atoms. The number of hydrogen-bond acceptors (Lipinski definition) is 3. The highest BCUT2D eigenvalue weighted by molar-refractivity contribution is 7.98. The average molecular weight is 299 g/mol. The zero-order valence-corrected chi connectivity index (χ0v) is 14.4. The number of nitrogens with one attached hydrogen (secondary N) is 1. The van der Waals surface area contributed by atoms with E-state index in [1.807, 2.05) is 77.6 Å². The molecule has 0 aromatic carbocycles. The molecule has 1 amide bonds. The molecule has 114 valence electrons. The van der Waals surface area contributed by atoms with Crippen molar-refractivity contribution < 1.29 is 14.1 Å². The Hall–Kier alpha value is -1.23. The topological polar surface area (TPSA) is 41.3 Å². The molecule has 20 heavy (non-hydrogen) atoms. The Morgan fingerprint density at radius 1 is 1.25 bits per heavy atom. The molecule has 0 radical (unpaired) electrons. The number of amides is 1. The van der Waals surface area contributed by atoms with E-state index in [0.29, 0.717) is 0 Å². The summed E-state index contributed by atoms with van der Waals surface area (Å²) >= 11 is 1.33. The number of allylic oxidation sites excluding steroid dienone is 2. The Kier molecular flexibility index (Phi) is 8.30. The molecule has 1 aliphatic carbocycles. The summed E-state index contributed by atoms with van der Waals surface area (Å²) < 4.78 is 9.88. The lowest BCUT2D eigenvalue weighted by molar-refractivity contribution is -0.462. The van der Waals surface area contributed by atoms with Crippen molar-refractivity contribution in [2.45, 2.75) is 45.5 Å². The minimum Gasteiger partial charge on any atom is -0.443 e. The second-order valence-electron chi connectivity index (χ2n) is 5.22. The fraction of sp³-hybridized carbons (Fsp3) is 0.600. The maximum absolute atomic E-state index is 11.5. The van der Waals surface area contributed by atoms with Gasteiger partial charge in [0.25, 0.3) is 0 Å². The third-order valence-electron chi connectivity index (χ3n) is 2.11. The summed E-state index contributed by atoms with van der Waals surface area (Å²) in [5.41, 5.74) is 0.679. The molecule has 1 rings (SSSR count). The van der Waals surface area contributed by atoms with Gasteiger partial charge in [0, 0.05) is 12.2 Å². The Bertz CT molecular complexity index is 387. The Morgan fingerprint density at radius 3 is 2.15 bits per heavy atom. The second-order valence-corrected chi connectivity index (χ2v) is 6.21. The molecule has 4 nitrogen and oxygen atoms in total. The van der Waals surface area contributed by atoms with Gasteiger partial charge in [-0.1, -0.05) is 26.0 Å². The summed E-state index contributed by atoms with van der Waals surface area (Å²) in [6, 6.07) is 0. The molecule has 0 aliphatic heterocycles. The highest BCUT2D eigenvalue weighted by Crippen LogP contribution is 2.15. The summed E-state index contributed by atoms with van der Waals surface area (Å²) in [6.07, 6.45) is 7.74. The van der Waals surface area contributed by atoms with Crippen molar-refractivity contribution in [3.8, 4) is 0 Å². The van der Waals surface area contributed by atoms with Crippen LogP contribution in [0.15, 0.2) is 24.3 Å². The molecule has 0 saturated heterocycles. The molecule has 1 N–H and O–H groups in total. The molecular weight excluding hydrogens is 272 g/mol. The van der Waals surface area contributed by atoms with Crippen LogP contribution in [-0.2, 0) is 4.74 Å². The van der Waals surface area contributed by atoms with Crippen LogP contribution in [-0.4, -0.2) is 41.3 Å². The molecule has 1 aliphatic rings. The van der Waals surface area contributed by atoms with Gasteiger partial charge in [0.2, 0.25) is 0 Å². The van der Waals surface area contributed by atoms with Gasteiger partial charge < -0.3 is 4.74 Å². The molecule has 0 heterocycles. The van der Waals surface area contributed by atoms with Crippen LogP contribution >= 0.6 is 11.9 Å². The lowest BCUT2D eigenvalue weighted by atomic mass is 10.2. The molecule has 0 aromatic heterocycles. The van der Waals surface area contributed by atoms with Crippen LogP contribution in [0.5, 0.6) is 0 Å². The summed E-state index contributed by atoms with van der Waals surface area (Å²) in [7, 11) is 3.99. The largest absolute Gasteiger partial charge is 0.443 e. The van der Waals surface area contributed by atoms with Gasteiger partial charge in [-0.2, -0.15) is 0 Å². The predicted octanol–water partition coefficient (Wildman–Crippen LogP) is 3.39. The van der Waals surface area contributed by atoms with Gasteiger partial charge in [-0.3, -0.25) is 4.72 Å². The van der Waals surface area contributed by atoms with Crippen molar-refractivity contribution in [3.05, 3.63) is 24.3 Å². The highest BCUT2D eigenvalue weighted by atomic mass is 32.2. The van der Waals surface area contributed by atoms with E-state index in [1.165, 1.54) is 11.9 Å². The smallest absolute Gasteiger partial charge is 0.417 e. The fourth-order valence-electron chi connectivity index (χ4n) is 1.30. The monoisotopic (exact) mass is 299 g/mol. The lowest BCUT2D eigenvalue weighted by Crippen LogP contribution is -2.30. The van der Waals surface area contributed by atoms with Crippen molar-refractivity contribution in [2.24, 2.45) is 0 Å². The van der Waals surface area contributed by atoms with Crippen LogP contribution in [0.25, 0.3) is 0 Å². The van der Waals surface area contributed by atoms with Crippen LogP contribution in [0.3, 0.4) is 0 Å². The number of carbonyl (C=O) groups excluding carboxylic acids is 1. The second kappa shape index (κ2) is 8.84. The van der Waals surface area contributed by atoms with Crippen molar-refractivity contribution in [3.63, 3.8) is 0 Å². The number of hydrogen-bond donors (Lipinski definition) is 1. The molecule has 0 atom stereocenters. The van der Waals surface area contributed by atoms with Crippen LogP contribution in [0.1, 0.15) is 34.6 Å². The number of rotatable bonds is 2. The van der Waals surface area contributed by atoms with E-state index in [2.05, 4.69) is 4.72 Å². The van der Waals surface area contributed by atoms with E-state index in [-0.39, 0.29) is 5.25 Å². The summed E-state index contributed by atoms with van der Waals surface area (Å²) in [5.74, 6) is 0. The fourth-order valence-corrected chi connectivity index (χ4v) is 1.89. The van der Waals surface area contributed by atoms with Gasteiger partial charge in [-0.05, 0) is 32.7 Å². The molecular formula is C15H27N2O2S+. The molecule has 0 unspecified atom stereocenters. The minimum atomic E-state index is -0.464. The van der Waals surface area contributed by atoms with Crippen molar-refractivity contribution >= 4 is 23.8 Å². The molecule has 5 heteroatoms. The van der Waals surface area contributed by atoms with Crippen LogP contribution < -0.4 is 4.72 Å². The maximum atomic E-state index is 11.5. The van der Waals surface area contributed by atoms with Gasteiger partial charge in [0.1, 0.15) is 19.7 Å². The number of nitrogens with zero attached hydrogens (tertiary/aromatic N) is 1. The molecule has 0 spiro atoms. The lowest BCUT2D eigenvalue weighted by Gasteiger charge is -2.20. The first-order valence-electron chi connectivity index (χ1n) is 6.83. The van der Waals surface area contributed by atoms with E-state index in [9.17, 15) is 4.79 Å². The maximum Gasteiger partial charge on any atom is 0.417 e. The van der Waals surface area contributed by atoms with E-state index in [4.69, 9.17) is 4.74 Å². The van der Waals surface area contributed by atoms with Gasteiger partial charge >= 0.3 is 6.09 Å². The van der Waals surface area contributed by atoms with E-state index in [1.54, 1.807) is 0 Å². The summed E-state index contributed by atoms with van der Waals surface area (Å²) in [6.45, 7) is 9.53. The standard InChI is InChI=1S/C13H20N2O2S.C2H6/c1-13(2,3)17-12(16)14-18-11-8-6-10(7-9-11)15(4)5;1-2/h6-9,11H,1-5H3;1-2H3/p+1. The number of carbonyl (C=O) groups is 1. The number of ether oxygens (including phenoxy) is 1. The third kappa shape index (κ3) is 8.04. The molecule has 0 saturated carbocycles. The average Bonchev–Trinajstić information content (AvgIpc) is 2.37. The van der Waals surface area contributed by atoms with E-state index >= 15 is 0 Å². The SMILES string of the molecule is CC.C[N+](C)=C1C=CC(SNC(=O)OC(C)(C)C)C=C1. The van der Waals surface area contributed by atoms with Crippen molar-refractivity contribution in [1.82, 2.24) is 4.72 Å². The van der Waals surface area contributed by atoms with Crippen LogP contribution in [0.4, 0.5) is 4.79 Å². The first kappa shape index (κ1) is 18.8. The third-order valence-corrected chi connectivity index (χ3v) is 2.98. The predicted molar refractivity (Wildman–Crippen MR) is 87.5 cm³/mol. The van der Waals surface area contributed by atoms with Crippen LogP contribution in [0, 0.1) is 0 Å². The first-order valence-corrected chi connectivity index (χ1v) is 7.71. The van der Waals surface area contributed by atoms with Gasteiger partial charge in [-0.15, -0.1) is 0 Å². The quantitative estimate of drug-likeness (QED) is 0.627. The van der Waals surface area contributed by atoms with Gasteiger partial charge in [0.15, 0.2) is 5.71 Å². The van der Waals surface area contributed by atoms with E-state index in [0.717, 1.165) is 5.71 Å². The summed E-state index contributed by atoms with van der Waals surface area (Å²) in [4.78, 5) is 11.5. The van der Waals surface area contributed by atoms with Crippen molar-refractivity contribution in [2.75, 3.05) is 14.1 Å². The molecule has 0 aromatic rings. The van der Waals surface area contributed by atoms with Gasteiger partial charge in [0.05, 0.1) is 5.25 Å². The zero-order chi connectivity index (χ0) is 15.8. The highest BCUT2D eigenvalue weighted by Gasteiger charge is 2.17. The van der Waals surface area contributed by atoms with Gasteiger partial charge in [-0.25, -0.2) is 9.37 Å². The Morgan fingerprint density at radius 2 is 1.75 bits per heavy atom. The van der Waals surface area contributed by atoms with E-state index < -0.39 is 11.7 Å². The summed E-state index contributed by atoms with van der Waals surface area (Å²) in [5, 5.41) is 0.140. The normalized spacial score (nSPS) is 17.1. The Labute approximate surface area is 127 Å². The molecule has 0 fully saturated rings. The van der Waals surface area contributed by atoms with Crippen LogP contribution in [0.2, 0.25) is 0 Å². The minimum absolute atomic E-state index is 0.140. The van der Waals surface area contributed by atoms with Crippen molar-refractivity contribution in [1.29, 1.82) is 0 Å². The first-order chi connectivity index (χ1) is 9.28. The zero-order valence-electron chi connectivity index (χ0n) is 13.6. The Balaban J connectivity index is 0.00000172.